The molecule has 3 aromatic rings. The zero-order valence-electron chi connectivity index (χ0n) is 19.0. The average molecular weight is 473 g/mol. The molecule has 0 bridgehead atoms. The van der Waals surface area contributed by atoms with Crippen LogP contribution in [-0.2, 0) is 23.9 Å². The average Bonchev–Trinajstić information content (AvgIpc) is 3.44. The number of likely N-dealkylation sites (tertiary alicyclic amines) is 1. The van der Waals surface area contributed by atoms with Gasteiger partial charge in [0.1, 0.15) is 0 Å². The fourth-order valence-corrected chi connectivity index (χ4v) is 4.24. The van der Waals surface area contributed by atoms with E-state index >= 15 is 0 Å². The first-order valence-corrected chi connectivity index (χ1v) is 11.2. The molecule has 2 heterocycles. The lowest BCUT2D eigenvalue weighted by Crippen LogP contribution is -2.22. The number of hydrogen-bond acceptors (Lipinski definition) is 5. The SMILES string of the molecule is CC(C)Cc1ccc(-c2noc(-c3ccc(CN4CC[C@H](C(=O)O)C4)cc3)n2)cc1C(F)(F)F. The highest BCUT2D eigenvalue weighted by atomic mass is 19.4. The smallest absolute Gasteiger partial charge is 0.416 e. The van der Waals surface area contributed by atoms with Crippen molar-refractivity contribution < 1.29 is 27.6 Å². The summed E-state index contributed by atoms with van der Waals surface area (Å²) in [6, 6.07) is 11.6. The van der Waals surface area contributed by atoms with Crippen LogP contribution in [0.3, 0.4) is 0 Å². The molecule has 0 unspecified atom stereocenters. The molecule has 1 aliphatic rings. The molecule has 1 fully saturated rings. The fourth-order valence-electron chi connectivity index (χ4n) is 4.24. The highest BCUT2D eigenvalue weighted by Gasteiger charge is 2.34. The molecule has 0 amide bonds. The number of hydrogen-bond donors (Lipinski definition) is 1. The van der Waals surface area contributed by atoms with Gasteiger partial charge in [0.2, 0.25) is 5.82 Å². The fraction of sp³-hybridized carbons (Fsp3) is 0.400. The van der Waals surface area contributed by atoms with Gasteiger partial charge in [-0.05, 0) is 54.6 Å². The van der Waals surface area contributed by atoms with E-state index in [1.165, 1.54) is 6.07 Å². The third-order valence-electron chi connectivity index (χ3n) is 5.96. The second kappa shape index (κ2) is 9.58. The van der Waals surface area contributed by atoms with Crippen molar-refractivity contribution in [2.24, 2.45) is 11.8 Å². The Kier molecular flexibility index (Phi) is 6.74. The summed E-state index contributed by atoms with van der Waals surface area (Å²) >= 11 is 0. The number of rotatable bonds is 7. The number of carboxylic acid groups (broad SMARTS) is 1. The lowest BCUT2D eigenvalue weighted by Gasteiger charge is -2.15. The van der Waals surface area contributed by atoms with Gasteiger partial charge in [0.25, 0.3) is 5.89 Å². The summed E-state index contributed by atoms with van der Waals surface area (Å²) in [5, 5.41) is 13.0. The second-order valence-corrected chi connectivity index (χ2v) is 9.15. The van der Waals surface area contributed by atoms with E-state index in [-0.39, 0.29) is 34.7 Å². The van der Waals surface area contributed by atoms with Crippen molar-refractivity contribution in [1.29, 1.82) is 0 Å². The van der Waals surface area contributed by atoms with Gasteiger partial charge in [-0.2, -0.15) is 18.2 Å². The number of halogens is 3. The summed E-state index contributed by atoms with van der Waals surface area (Å²) in [5.74, 6) is -0.683. The van der Waals surface area contributed by atoms with Crippen LogP contribution in [0, 0.1) is 11.8 Å². The normalized spacial score (nSPS) is 16.9. The monoisotopic (exact) mass is 473 g/mol. The third kappa shape index (κ3) is 5.47. The van der Waals surface area contributed by atoms with Crippen molar-refractivity contribution in [3.8, 4) is 22.8 Å². The maximum absolute atomic E-state index is 13.6. The first kappa shape index (κ1) is 23.9. The molecule has 9 heteroatoms. The summed E-state index contributed by atoms with van der Waals surface area (Å²) in [4.78, 5) is 17.5. The quantitative estimate of drug-likeness (QED) is 0.486. The van der Waals surface area contributed by atoms with Crippen LogP contribution in [0.2, 0.25) is 0 Å². The van der Waals surface area contributed by atoms with Crippen molar-refractivity contribution in [2.45, 2.75) is 39.4 Å². The van der Waals surface area contributed by atoms with Gasteiger partial charge in [0.05, 0.1) is 11.5 Å². The molecule has 4 rings (SSSR count). The van der Waals surface area contributed by atoms with Gasteiger partial charge in [-0.15, -0.1) is 0 Å². The Balaban J connectivity index is 1.50. The predicted molar refractivity (Wildman–Crippen MR) is 120 cm³/mol. The van der Waals surface area contributed by atoms with Crippen LogP contribution in [0.25, 0.3) is 22.8 Å². The van der Waals surface area contributed by atoms with Crippen molar-refractivity contribution in [3.05, 3.63) is 59.2 Å². The summed E-state index contributed by atoms with van der Waals surface area (Å²) < 4.78 is 46.2. The lowest BCUT2D eigenvalue weighted by molar-refractivity contribution is -0.141. The van der Waals surface area contributed by atoms with Crippen LogP contribution >= 0.6 is 0 Å². The summed E-state index contributed by atoms with van der Waals surface area (Å²) in [6.07, 6.45) is -3.50. The molecule has 0 saturated carbocycles. The maximum atomic E-state index is 13.6. The minimum absolute atomic E-state index is 0.0933. The largest absolute Gasteiger partial charge is 0.481 e. The van der Waals surface area contributed by atoms with Crippen molar-refractivity contribution >= 4 is 5.97 Å². The molecule has 2 aromatic carbocycles. The Morgan fingerprint density at radius 2 is 1.88 bits per heavy atom. The number of aromatic nitrogens is 2. The van der Waals surface area contributed by atoms with E-state index < -0.39 is 17.7 Å². The molecular formula is C25H26F3N3O3. The van der Waals surface area contributed by atoms with E-state index in [0.717, 1.165) is 18.2 Å². The Morgan fingerprint density at radius 1 is 1.18 bits per heavy atom. The Morgan fingerprint density at radius 3 is 2.50 bits per heavy atom. The number of benzene rings is 2. The third-order valence-corrected chi connectivity index (χ3v) is 5.96. The lowest BCUT2D eigenvalue weighted by atomic mass is 9.95. The number of carboxylic acids is 1. The molecule has 0 radical (unpaired) electrons. The van der Waals surface area contributed by atoms with E-state index in [9.17, 15) is 18.0 Å². The predicted octanol–water partition coefficient (Wildman–Crippen LogP) is 5.53. The molecule has 0 aliphatic carbocycles. The molecule has 1 aliphatic heterocycles. The van der Waals surface area contributed by atoms with Gasteiger partial charge in [0, 0.05) is 24.2 Å². The van der Waals surface area contributed by atoms with Crippen molar-refractivity contribution in [1.82, 2.24) is 15.0 Å². The van der Waals surface area contributed by atoms with Crippen LogP contribution < -0.4 is 0 Å². The van der Waals surface area contributed by atoms with E-state index in [2.05, 4.69) is 15.0 Å². The highest BCUT2D eigenvalue weighted by molar-refractivity contribution is 5.70. The first-order valence-electron chi connectivity index (χ1n) is 11.2. The molecule has 1 saturated heterocycles. The van der Waals surface area contributed by atoms with Crippen LogP contribution in [0.5, 0.6) is 0 Å². The number of nitrogens with zero attached hydrogens (tertiary/aromatic N) is 3. The van der Waals surface area contributed by atoms with E-state index in [4.69, 9.17) is 9.63 Å². The topological polar surface area (TPSA) is 79.5 Å². The van der Waals surface area contributed by atoms with E-state index in [1.54, 1.807) is 6.07 Å². The van der Waals surface area contributed by atoms with Gasteiger partial charge < -0.3 is 9.63 Å². The van der Waals surface area contributed by atoms with E-state index in [1.807, 2.05) is 38.1 Å². The van der Waals surface area contributed by atoms with Crippen LogP contribution in [0.1, 0.15) is 37.0 Å². The van der Waals surface area contributed by atoms with Gasteiger partial charge >= 0.3 is 12.1 Å². The molecule has 1 N–H and O–H groups in total. The zero-order chi connectivity index (χ0) is 24.5. The summed E-state index contributed by atoms with van der Waals surface area (Å²) in [5.41, 5.74) is 1.48. The van der Waals surface area contributed by atoms with Gasteiger partial charge in [0.15, 0.2) is 0 Å². The molecule has 0 spiro atoms. The van der Waals surface area contributed by atoms with E-state index in [0.29, 0.717) is 31.5 Å². The van der Waals surface area contributed by atoms with Crippen molar-refractivity contribution in [3.63, 3.8) is 0 Å². The Labute approximate surface area is 195 Å². The minimum atomic E-state index is -4.47. The Bertz CT molecular complexity index is 1160. The highest BCUT2D eigenvalue weighted by Crippen LogP contribution is 2.36. The summed E-state index contributed by atoms with van der Waals surface area (Å²) in [6.45, 7) is 5.66. The number of aliphatic carboxylic acids is 1. The first-order chi connectivity index (χ1) is 16.1. The maximum Gasteiger partial charge on any atom is 0.416 e. The molecule has 6 nitrogen and oxygen atoms in total. The molecule has 1 aromatic heterocycles. The molecule has 180 valence electrons. The zero-order valence-corrected chi connectivity index (χ0v) is 19.0. The van der Waals surface area contributed by atoms with Crippen LogP contribution in [-0.4, -0.2) is 39.2 Å². The number of alkyl halides is 3. The molecular weight excluding hydrogens is 447 g/mol. The molecule has 34 heavy (non-hydrogen) atoms. The van der Waals surface area contributed by atoms with Gasteiger partial charge in [-0.3, -0.25) is 9.69 Å². The number of carbonyl (C=O) groups is 1. The minimum Gasteiger partial charge on any atom is -0.481 e. The molecule has 1 atom stereocenters. The summed E-state index contributed by atoms with van der Waals surface area (Å²) in [7, 11) is 0. The van der Waals surface area contributed by atoms with Gasteiger partial charge in [-0.1, -0.05) is 43.3 Å². The van der Waals surface area contributed by atoms with Gasteiger partial charge in [-0.25, -0.2) is 0 Å². The van der Waals surface area contributed by atoms with Crippen LogP contribution in [0.4, 0.5) is 13.2 Å². The van der Waals surface area contributed by atoms with Crippen molar-refractivity contribution in [2.75, 3.05) is 13.1 Å². The standard InChI is InChI=1S/C25H26F3N3O3/c1-15(2)11-18-7-8-19(12-21(18)25(26,27)28)22-29-23(34-30-22)17-5-3-16(4-6-17)13-31-10-9-20(14-31)24(32)33/h3-8,12,15,20H,9-11,13-14H2,1-2H3,(H,32,33)/t20-/m0/s1. The second-order valence-electron chi connectivity index (χ2n) is 9.15. The van der Waals surface area contributed by atoms with Crippen LogP contribution in [0.15, 0.2) is 47.0 Å². The Hall–Kier alpha value is -3.20.